The molecule has 1 saturated heterocycles. The van der Waals surface area contributed by atoms with Crippen molar-refractivity contribution in [3.63, 3.8) is 0 Å². The molecule has 24 heavy (non-hydrogen) atoms. The third kappa shape index (κ3) is 3.50. The van der Waals surface area contributed by atoms with Gasteiger partial charge in [-0.05, 0) is 30.5 Å². The third-order valence-electron chi connectivity index (χ3n) is 4.47. The van der Waals surface area contributed by atoms with Crippen molar-refractivity contribution in [2.45, 2.75) is 25.2 Å². The Kier molecular flexibility index (Phi) is 4.69. The van der Waals surface area contributed by atoms with Crippen LogP contribution < -0.4 is 10.5 Å². The first kappa shape index (κ1) is 16.3. The van der Waals surface area contributed by atoms with Gasteiger partial charge in [-0.25, -0.2) is 4.68 Å². The second kappa shape index (κ2) is 6.90. The van der Waals surface area contributed by atoms with Crippen molar-refractivity contribution in [3.05, 3.63) is 35.7 Å². The Bertz CT molecular complexity index is 691. The van der Waals surface area contributed by atoms with E-state index in [0.29, 0.717) is 18.9 Å². The zero-order valence-electron chi connectivity index (χ0n) is 14.1. The van der Waals surface area contributed by atoms with Crippen LogP contribution in [-0.4, -0.2) is 45.8 Å². The molecule has 1 atom stereocenters. The smallest absolute Gasteiger partial charge is 0.227 e. The molecule has 1 unspecified atom stereocenters. The lowest BCUT2D eigenvalue weighted by Gasteiger charge is -2.31. The number of aryl methyl sites for hydroxylation is 1. The number of amides is 1. The average Bonchev–Trinajstić information content (AvgIpc) is 2.95. The fourth-order valence-corrected chi connectivity index (χ4v) is 3.03. The summed E-state index contributed by atoms with van der Waals surface area (Å²) in [6.07, 6.45) is 2.33. The van der Waals surface area contributed by atoms with Gasteiger partial charge in [-0.3, -0.25) is 4.79 Å². The first-order valence-corrected chi connectivity index (χ1v) is 8.14. The molecule has 128 valence electrons. The topological polar surface area (TPSA) is 86.3 Å². The minimum Gasteiger partial charge on any atom is -0.497 e. The number of hydrogen-bond acceptors (Lipinski definition) is 5. The molecule has 2 heterocycles. The molecule has 1 aliphatic rings. The van der Waals surface area contributed by atoms with E-state index in [9.17, 15) is 4.79 Å². The molecule has 2 aromatic rings. The van der Waals surface area contributed by atoms with Crippen LogP contribution >= 0.6 is 0 Å². The summed E-state index contributed by atoms with van der Waals surface area (Å²) in [5, 5.41) is 4.36. The Morgan fingerprint density at radius 2 is 2.12 bits per heavy atom. The molecule has 0 saturated carbocycles. The predicted octanol–water partition coefficient (Wildman–Crippen LogP) is 1.35. The number of piperidine rings is 1. The van der Waals surface area contributed by atoms with E-state index in [0.717, 1.165) is 36.5 Å². The maximum atomic E-state index is 12.6. The minimum absolute atomic E-state index is 0.133. The Hall–Kier alpha value is -2.57. The van der Waals surface area contributed by atoms with Crippen molar-refractivity contribution in [1.82, 2.24) is 19.7 Å². The maximum absolute atomic E-state index is 12.6. The molecular formula is C17H23N5O2. The number of nitrogens with two attached hydrogens (primary N) is 1. The van der Waals surface area contributed by atoms with Crippen molar-refractivity contribution in [3.8, 4) is 5.75 Å². The average molecular weight is 329 g/mol. The Balaban J connectivity index is 1.64. The first-order valence-electron chi connectivity index (χ1n) is 8.14. The van der Waals surface area contributed by atoms with Gasteiger partial charge in [-0.1, -0.05) is 12.1 Å². The van der Waals surface area contributed by atoms with Crippen LogP contribution in [0.4, 0.5) is 5.95 Å². The Labute approximate surface area is 141 Å². The quantitative estimate of drug-likeness (QED) is 0.915. The number of rotatable bonds is 4. The normalized spacial score (nSPS) is 17.8. The highest BCUT2D eigenvalue weighted by molar-refractivity contribution is 5.79. The molecule has 1 aliphatic heterocycles. The number of anilines is 1. The molecular weight excluding hydrogens is 306 g/mol. The highest BCUT2D eigenvalue weighted by Gasteiger charge is 2.27. The van der Waals surface area contributed by atoms with Gasteiger partial charge in [0.05, 0.1) is 13.5 Å². The lowest BCUT2D eigenvalue weighted by molar-refractivity contribution is -0.131. The molecule has 7 heteroatoms. The van der Waals surface area contributed by atoms with Crippen molar-refractivity contribution in [2.75, 3.05) is 25.9 Å². The molecule has 1 aromatic carbocycles. The van der Waals surface area contributed by atoms with Crippen LogP contribution in [0.1, 0.15) is 30.1 Å². The van der Waals surface area contributed by atoms with Crippen LogP contribution in [-0.2, 0) is 18.3 Å². The number of aromatic nitrogens is 3. The van der Waals surface area contributed by atoms with Gasteiger partial charge in [-0.15, -0.1) is 0 Å². The van der Waals surface area contributed by atoms with E-state index in [2.05, 4.69) is 10.1 Å². The Morgan fingerprint density at radius 1 is 1.38 bits per heavy atom. The van der Waals surface area contributed by atoms with Gasteiger partial charge in [0.25, 0.3) is 0 Å². The van der Waals surface area contributed by atoms with Crippen LogP contribution in [0.25, 0.3) is 0 Å². The molecule has 0 radical (unpaired) electrons. The van der Waals surface area contributed by atoms with Gasteiger partial charge in [0.15, 0.2) is 5.82 Å². The molecule has 1 aromatic heterocycles. The number of nitrogens with zero attached hydrogens (tertiary/aromatic N) is 4. The third-order valence-corrected chi connectivity index (χ3v) is 4.47. The predicted molar refractivity (Wildman–Crippen MR) is 90.7 cm³/mol. The highest BCUT2D eigenvalue weighted by atomic mass is 16.5. The molecule has 0 spiro atoms. The van der Waals surface area contributed by atoms with E-state index in [-0.39, 0.29) is 11.8 Å². The van der Waals surface area contributed by atoms with E-state index in [1.807, 2.05) is 29.2 Å². The number of carbonyl (C=O) groups is 1. The van der Waals surface area contributed by atoms with Gasteiger partial charge in [0, 0.05) is 26.1 Å². The zero-order valence-corrected chi connectivity index (χ0v) is 14.1. The lowest BCUT2D eigenvalue weighted by Crippen LogP contribution is -2.40. The number of ether oxygens (including phenoxy) is 1. The van der Waals surface area contributed by atoms with Gasteiger partial charge < -0.3 is 15.4 Å². The first-order chi connectivity index (χ1) is 11.6. The Morgan fingerprint density at radius 3 is 2.75 bits per heavy atom. The summed E-state index contributed by atoms with van der Waals surface area (Å²) in [4.78, 5) is 18.8. The molecule has 0 aliphatic carbocycles. The molecule has 1 fully saturated rings. The summed E-state index contributed by atoms with van der Waals surface area (Å²) in [7, 11) is 3.41. The van der Waals surface area contributed by atoms with Gasteiger partial charge >= 0.3 is 0 Å². The second-order valence-electron chi connectivity index (χ2n) is 6.16. The fraction of sp³-hybridized carbons (Fsp3) is 0.471. The fourth-order valence-electron chi connectivity index (χ4n) is 3.03. The van der Waals surface area contributed by atoms with Crippen LogP contribution in [0.2, 0.25) is 0 Å². The van der Waals surface area contributed by atoms with Crippen molar-refractivity contribution in [1.29, 1.82) is 0 Å². The molecule has 2 N–H and O–H groups in total. The number of methoxy groups -OCH3 is 1. The number of benzene rings is 1. The van der Waals surface area contributed by atoms with Crippen LogP contribution in [0.15, 0.2) is 24.3 Å². The van der Waals surface area contributed by atoms with Crippen LogP contribution in [0.5, 0.6) is 5.75 Å². The number of hydrogen-bond donors (Lipinski definition) is 1. The van der Waals surface area contributed by atoms with Gasteiger partial charge in [0.2, 0.25) is 11.9 Å². The van der Waals surface area contributed by atoms with E-state index < -0.39 is 0 Å². The van der Waals surface area contributed by atoms with Gasteiger partial charge in [-0.2, -0.15) is 10.1 Å². The molecule has 7 nitrogen and oxygen atoms in total. The maximum Gasteiger partial charge on any atom is 0.227 e. The van der Waals surface area contributed by atoms with E-state index in [4.69, 9.17) is 10.5 Å². The van der Waals surface area contributed by atoms with Gasteiger partial charge in [0.1, 0.15) is 5.75 Å². The number of carbonyl (C=O) groups excluding carboxylic acids is 1. The number of nitrogen functional groups attached to an aromatic ring is 1. The van der Waals surface area contributed by atoms with Crippen molar-refractivity contribution < 1.29 is 9.53 Å². The number of likely N-dealkylation sites (tertiary alicyclic amines) is 1. The largest absolute Gasteiger partial charge is 0.497 e. The summed E-state index contributed by atoms with van der Waals surface area (Å²) in [5.41, 5.74) is 6.76. The second-order valence-corrected chi connectivity index (χ2v) is 6.16. The molecule has 0 bridgehead atoms. The summed E-state index contributed by atoms with van der Waals surface area (Å²) in [6.45, 7) is 1.44. The van der Waals surface area contributed by atoms with E-state index >= 15 is 0 Å². The van der Waals surface area contributed by atoms with Crippen LogP contribution in [0.3, 0.4) is 0 Å². The summed E-state index contributed by atoms with van der Waals surface area (Å²) < 4.78 is 6.72. The minimum atomic E-state index is 0.133. The summed E-state index contributed by atoms with van der Waals surface area (Å²) in [6, 6.07) is 7.61. The summed E-state index contributed by atoms with van der Waals surface area (Å²) >= 11 is 0. The van der Waals surface area contributed by atoms with E-state index in [1.54, 1.807) is 18.8 Å². The summed E-state index contributed by atoms with van der Waals surface area (Å²) in [5.74, 6) is 2.22. The van der Waals surface area contributed by atoms with Crippen molar-refractivity contribution >= 4 is 11.9 Å². The standard InChI is InChI=1S/C17H23N5O2/c1-21-17(18)19-16(20-21)13-4-3-9-22(11-13)15(23)10-12-5-7-14(24-2)8-6-12/h5-8,13H,3-4,9-11H2,1-2H3,(H2,18,19,20). The zero-order chi connectivity index (χ0) is 17.1. The lowest BCUT2D eigenvalue weighted by atomic mass is 9.97. The monoisotopic (exact) mass is 329 g/mol. The molecule has 3 rings (SSSR count). The van der Waals surface area contributed by atoms with Crippen LogP contribution in [0, 0.1) is 0 Å². The van der Waals surface area contributed by atoms with E-state index in [1.165, 1.54) is 0 Å². The van der Waals surface area contributed by atoms with Crippen molar-refractivity contribution in [2.24, 2.45) is 7.05 Å². The SMILES string of the molecule is COc1ccc(CC(=O)N2CCCC(c3nc(N)n(C)n3)C2)cc1. The molecule has 1 amide bonds. The highest BCUT2D eigenvalue weighted by Crippen LogP contribution is 2.25.